The number of hydrogen-bond acceptors (Lipinski definition) is 4. The third-order valence-electron chi connectivity index (χ3n) is 4.97. The number of likely N-dealkylation sites (N-methyl/N-ethyl adjacent to an activating group) is 1. The monoisotopic (exact) mass is 410 g/mol. The highest BCUT2D eigenvalue weighted by atomic mass is 19.4. The van der Waals surface area contributed by atoms with E-state index in [0.29, 0.717) is 11.0 Å². The van der Waals surface area contributed by atoms with Crippen LogP contribution in [0.25, 0.3) is 0 Å². The molecular formula is C19H21F3N4O3. The van der Waals surface area contributed by atoms with Gasteiger partial charge in [-0.15, -0.1) is 0 Å². The minimum atomic E-state index is -4.84. The van der Waals surface area contributed by atoms with Gasteiger partial charge < -0.3 is 9.80 Å². The summed E-state index contributed by atoms with van der Waals surface area (Å²) in [6.45, 7) is 6.00. The lowest BCUT2D eigenvalue weighted by Gasteiger charge is -2.30. The molecular weight excluding hydrogens is 389 g/mol. The van der Waals surface area contributed by atoms with Crippen LogP contribution in [0.15, 0.2) is 18.2 Å². The Balaban J connectivity index is 2.46. The molecule has 29 heavy (non-hydrogen) atoms. The standard InChI is InChI=1S/C19H21F3N4O3/c1-11(2)24(5)15(27)10-25-17(29)26(16(28)18(25,3)4)13-7-6-12(9-23)14(8-13)19(20,21)22/h6-8,11H,10H2,1-5H3. The first-order chi connectivity index (χ1) is 13.2. The highest BCUT2D eigenvalue weighted by Gasteiger charge is 2.53. The van der Waals surface area contributed by atoms with Gasteiger partial charge in [-0.05, 0) is 45.9 Å². The van der Waals surface area contributed by atoms with Crippen LogP contribution in [0.1, 0.15) is 38.8 Å². The number of carbonyl (C=O) groups is 3. The molecule has 7 nitrogen and oxygen atoms in total. The fourth-order valence-corrected chi connectivity index (χ4v) is 2.87. The number of nitriles is 1. The summed E-state index contributed by atoms with van der Waals surface area (Å²) < 4.78 is 39.8. The van der Waals surface area contributed by atoms with Crippen LogP contribution in [0.5, 0.6) is 0 Å². The third kappa shape index (κ3) is 3.90. The minimum absolute atomic E-state index is 0.136. The van der Waals surface area contributed by atoms with Gasteiger partial charge in [-0.2, -0.15) is 18.4 Å². The number of imide groups is 1. The first-order valence-corrected chi connectivity index (χ1v) is 8.76. The largest absolute Gasteiger partial charge is 0.417 e. The number of hydrogen-bond donors (Lipinski definition) is 0. The summed E-state index contributed by atoms with van der Waals surface area (Å²) in [5.41, 5.74) is -3.61. The number of rotatable bonds is 4. The molecule has 10 heteroatoms. The van der Waals surface area contributed by atoms with Crippen molar-refractivity contribution in [2.75, 3.05) is 18.5 Å². The van der Waals surface area contributed by atoms with Crippen molar-refractivity contribution in [2.24, 2.45) is 0 Å². The summed E-state index contributed by atoms with van der Waals surface area (Å²) in [5, 5.41) is 8.92. The molecule has 0 spiro atoms. The minimum Gasteiger partial charge on any atom is -0.342 e. The fraction of sp³-hybridized carbons (Fsp3) is 0.474. The van der Waals surface area contributed by atoms with E-state index < -0.39 is 47.2 Å². The molecule has 4 amide bonds. The molecule has 0 unspecified atom stereocenters. The van der Waals surface area contributed by atoms with E-state index in [0.717, 1.165) is 17.0 Å². The van der Waals surface area contributed by atoms with Crippen LogP contribution in [0.3, 0.4) is 0 Å². The SMILES string of the molecule is CC(C)N(C)C(=O)CN1C(=O)N(c2ccc(C#N)c(C(F)(F)F)c2)C(=O)C1(C)C. The van der Waals surface area contributed by atoms with Gasteiger partial charge in [0.2, 0.25) is 5.91 Å². The summed E-state index contributed by atoms with van der Waals surface area (Å²) >= 11 is 0. The summed E-state index contributed by atoms with van der Waals surface area (Å²) in [5.74, 6) is -1.17. The summed E-state index contributed by atoms with van der Waals surface area (Å²) in [6.07, 6.45) is -4.84. The molecule has 2 rings (SSSR count). The van der Waals surface area contributed by atoms with E-state index in [1.54, 1.807) is 20.9 Å². The Morgan fingerprint density at radius 3 is 2.34 bits per heavy atom. The lowest BCUT2D eigenvalue weighted by molar-refractivity contribution is -0.138. The van der Waals surface area contributed by atoms with Crippen molar-refractivity contribution in [3.05, 3.63) is 29.3 Å². The highest BCUT2D eigenvalue weighted by molar-refractivity contribution is 6.23. The fourth-order valence-electron chi connectivity index (χ4n) is 2.87. The molecule has 1 aliphatic heterocycles. The van der Waals surface area contributed by atoms with Gasteiger partial charge in [-0.3, -0.25) is 9.59 Å². The van der Waals surface area contributed by atoms with Gasteiger partial charge in [-0.25, -0.2) is 9.69 Å². The van der Waals surface area contributed by atoms with Crippen LogP contribution in [-0.4, -0.2) is 52.8 Å². The van der Waals surface area contributed by atoms with Crippen LogP contribution in [0, 0.1) is 11.3 Å². The van der Waals surface area contributed by atoms with Crippen LogP contribution >= 0.6 is 0 Å². The quantitative estimate of drug-likeness (QED) is 0.715. The van der Waals surface area contributed by atoms with Crippen molar-refractivity contribution in [3.8, 4) is 6.07 Å². The van der Waals surface area contributed by atoms with Crippen LogP contribution < -0.4 is 4.90 Å². The van der Waals surface area contributed by atoms with Gasteiger partial charge in [0.1, 0.15) is 12.1 Å². The third-order valence-corrected chi connectivity index (χ3v) is 4.97. The van der Waals surface area contributed by atoms with Crippen LogP contribution in [0.2, 0.25) is 0 Å². The number of halogens is 3. The molecule has 1 aromatic rings. The van der Waals surface area contributed by atoms with Gasteiger partial charge in [0.05, 0.1) is 22.9 Å². The second kappa shape index (κ2) is 7.39. The molecule has 1 saturated heterocycles. The summed E-state index contributed by atoms with van der Waals surface area (Å²) in [6, 6.07) is 3.02. The van der Waals surface area contributed by atoms with Gasteiger partial charge in [0, 0.05) is 13.1 Å². The van der Waals surface area contributed by atoms with E-state index in [2.05, 4.69) is 0 Å². The zero-order valence-electron chi connectivity index (χ0n) is 16.7. The molecule has 1 aromatic carbocycles. The molecule has 0 aromatic heterocycles. The summed E-state index contributed by atoms with van der Waals surface area (Å²) in [7, 11) is 1.55. The predicted octanol–water partition coefficient (Wildman–Crippen LogP) is 2.99. The van der Waals surface area contributed by atoms with Gasteiger partial charge in [-0.1, -0.05) is 0 Å². The zero-order chi connectivity index (χ0) is 22.3. The van der Waals surface area contributed by atoms with Crippen molar-refractivity contribution in [2.45, 2.75) is 45.5 Å². The van der Waals surface area contributed by atoms with Gasteiger partial charge in [0.15, 0.2) is 0 Å². The zero-order valence-corrected chi connectivity index (χ0v) is 16.7. The maximum absolute atomic E-state index is 13.3. The van der Waals surface area contributed by atoms with Crippen molar-refractivity contribution in [1.29, 1.82) is 5.26 Å². The smallest absolute Gasteiger partial charge is 0.342 e. The number of nitrogens with zero attached hydrogens (tertiary/aromatic N) is 4. The Morgan fingerprint density at radius 2 is 1.86 bits per heavy atom. The molecule has 0 saturated carbocycles. The van der Waals surface area contributed by atoms with Crippen molar-refractivity contribution in [1.82, 2.24) is 9.80 Å². The molecule has 0 N–H and O–H groups in total. The van der Waals surface area contributed by atoms with E-state index in [9.17, 15) is 27.6 Å². The van der Waals surface area contributed by atoms with Crippen molar-refractivity contribution in [3.63, 3.8) is 0 Å². The lowest BCUT2D eigenvalue weighted by Crippen LogP contribution is -2.50. The Morgan fingerprint density at radius 1 is 1.28 bits per heavy atom. The Labute approximate surface area is 166 Å². The maximum atomic E-state index is 13.3. The number of alkyl halides is 3. The van der Waals surface area contributed by atoms with E-state index in [1.807, 2.05) is 0 Å². The average Bonchev–Trinajstić information content (AvgIpc) is 2.79. The van der Waals surface area contributed by atoms with E-state index >= 15 is 0 Å². The second-order valence-corrected chi connectivity index (χ2v) is 7.51. The lowest BCUT2D eigenvalue weighted by atomic mass is 10.0. The molecule has 0 atom stereocenters. The second-order valence-electron chi connectivity index (χ2n) is 7.51. The number of benzene rings is 1. The molecule has 1 aliphatic rings. The predicted molar refractivity (Wildman–Crippen MR) is 97.7 cm³/mol. The maximum Gasteiger partial charge on any atom is 0.417 e. The van der Waals surface area contributed by atoms with Crippen LogP contribution in [0.4, 0.5) is 23.7 Å². The Hall–Kier alpha value is -3.09. The topological polar surface area (TPSA) is 84.7 Å². The normalized spacial score (nSPS) is 16.4. The van der Waals surface area contributed by atoms with Crippen molar-refractivity contribution >= 4 is 23.5 Å². The van der Waals surface area contributed by atoms with Gasteiger partial charge >= 0.3 is 12.2 Å². The average molecular weight is 410 g/mol. The first kappa shape index (κ1) is 22.2. The number of amides is 4. The molecule has 1 heterocycles. The molecule has 1 fully saturated rings. The number of anilines is 1. The molecule has 0 bridgehead atoms. The van der Waals surface area contributed by atoms with Gasteiger partial charge in [0.25, 0.3) is 5.91 Å². The number of urea groups is 1. The van der Waals surface area contributed by atoms with Crippen molar-refractivity contribution < 1.29 is 27.6 Å². The summed E-state index contributed by atoms with van der Waals surface area (Å²) in [4.78, 5) is 41.2. The van der Waals surface area contributed by atoms with E-state index in [1.165, 1.54) is 24.8 Å². The Kier molecular flexibility index (Phi) is 5.65. The molecule has 0 radical (unpaired) electrons. The first-order valence-electron chi connectivity index (χ1n) is 8.76. The molecule has 0 aliphatic carbocycles. The number of carbonyl (C=O) groups excluding carboxylic acids is 3. The highest BCUT2D eigenvalue weighted by Crippen LogP contribution is 2.37. The van der Waals surface area contributed by atoms with E-state index in [-0.39, 0.29) is 11.7 Å². The Bertz CT molecular complexity index is 903. The van der Waals surface area contributed by atoms with Crippen LogP contribution in [-0.2, 0) is 15.8 Å². The molecule has 156 valence electrons. The van der Waals surface area contributed by atoms with E-state index in [4.69, 9.17) is 5.26 Å².